The molecular weight excluding hydrogens is 211 g/mol. The zero-order valence-electron chi connectivity index (χ0n) is 11.0. The van der Waals surface area contributed by atoms with E-state index in [0.29, 0.717) is 5.92 Å². The largest absolute Gasteiger partial charge is 0.0970 e. The van der Waals surface area contributed by atoms with Crippen molar-refractivity contribution >= 4 is 23.3 Å². The Kier molecular flexibility index (Phi) is 4.40. The molecule has 0 aromatic rings. The highest BCUT2D eigenvalue weighted by Gasteiger charge is 2.39. The summed E-state index contributed by atoms with van der Waals surface area (Å²) < 4.78 is 0. The molecule has 0 aliphatic rings. The molecule has 0 saturated carbocycles. The predicted molar refractivity (Wildman–Crippen MR) is 73.2 cm³/mol. The Morgan fingerprint density at radius 3 is 1.29 bits per heavy atom. The van der Waals surface area contributed by atoms with Crippen LogP contribution in [0.4, 0.5) is 0 Å². The summed E-state index contributed by atoms with van der Waals surface area (Å²) in [6, 6.07) is 0. The van der Waals surface area contributed by atoms with Gasteiger partial charge in [-0.25, -0.2) is 0 Å². The first-order chi connectivity index (χ1) is 5.92. The molecule has 0 unspecified atom stereocenters. The van der Waals surface area contributed by atoms with E-state index >= 15 is 0 Å². The van der Waals surface area contributed by atoms with E-state index in [1.54, 1.807) is 0 Å². The molecule has 0 heterocycles. The quantitative estimate of drug-likeness (QED) is 0.548. The van der Waals surface area contributed by atoms with E-state index < -0.39 is 6.24 Å². The second-order valence-corrected chi connectivity index (χ2v) is 12.2. The second-order valence-electron chi connectivity index (χ2n) is 6.37. The summed E-state index contributed by atoms with van der Waals surface area (Å²) >= 11 is 6.94. The van der Waals surface area contributed by atoms with E-state index in [1.165, 1.54) is 0 Å². The minimum Gasteiger partial charge on any atom is -0.0970 e. The van der Waals surface area contributed by atoms with Crippen molar-refractivity contribution in [2.45, 2.75) is 65.7 Å². The molecule has 0 aromatic carbocycles. The Balaban J connectivity index is 5.54. The Morgan fingerprint density at radius 2 is 1.21 bits per heavy atom. The second kappa shape index (κ2) is 4.22. The molecular formula is C12H26ClP. The molecule has 86 valence electrons. The molecule has 0 N–H and O–H groups in total. The maximum atomic E-state index is 6.94. The van der Waals surface area contributed by atoms with E-state index in [-0.39, 0.29) is 10.3 Å². The minimum absolute atomic E-state index is 0.192. The lowest BCUT2D eigenvalue weighted by molar-refractivity contribution is 0.714. The van der Waals surface area contributed by atoms with Crippen LogP contribution in [0.5, 0.6) is 0 Å². The summed E-state index contributed by atoms with van der Waals surface area (Å²) in [5.41, 5.74) is 0. The average Bonchev–Trinajstić information content (AvgIpc) is 1.79. The van der Waals surface area contributed by atoms with Crippen LogP contribution >= 0.6 is 17.5 Å². The SMILES string of the molecule is CC(C)C=P(Cl)(C(C)(C)C)C(C)(C)C. The molecule has 2 heteroatoms. The van der Waals surface area contributed by atoms with E-state index in [1.807, 2.05) is 0 Å². The van der Waals surface area contributed by atoms with Gasteiger partial charge in [-0.1, -0.05) is 72.4 Å². The smallest absolute Gasteiger partial charge is 0.00498 e. The van der Waals surface area contributed by atoms with Crippen molar-refractivity contribution in [1.82, 2.24) is 0 Å². The van der Waals surface area contributed by atoms with E-state index in [0.717, 1.165) is 0 Å². The summed E-state index contributed by atoms with van der Waals surface area (Å²) in [5, 5.41) is 0.383. The van der Waals surface area contributed by atoms with Crippen LogP contribution in [0.2, 0.25) is 0 Å². The third kappa shape index (κ3) is 3.04. The lowest BCUT2D eigenvalue weighted by Crippen LogP contribution is -2.27. The lowest BCUT2D eigenvalue weighted by Gasteiger charge is -2.44. The number of hydrogen-bond acceptors (Lipinski definition) is 0. The molecule has 0 bridgehead atoms. The Labute approximate surface area is 95.2 Å². The van der Waals surface area contributed by atoms with Crippen LogP contribution in [0.25, 0.3) is 0 Å². The van der Waals surface area contributed by atoms with Gasteiger partial charge in [0.25, 0.3) is 0 Å². The van der Waals surface area contributed by atoms with Crippen molar-refractivity contribution in [2.24, 2.45) is 5.92 Å². The number of rotatable bonds is 1. The van der Waals surface area contributed by atoms with Gasteiger partial charge in [0.2, 0.25) is 0 Å². The number of hydrogen-bond donors (Lipinski definition) is 0. The molecule has 14 heavy (non-hydrogen) atoms. The topological polar surface area (TPSA) is 0 Å². The third-order valence-corrected chi connectivity index (χ3v) is 10.7. The molecule has 0 fully saturated rings. The predicted octanol–water partition coefficient (Wildman–Crippen LogP) is 5.21. The zero-order chi connectivity index (χ0) is 11.8. The first kappa shape index (κ1) is 14.6. The lowest BCUT2D eigenvalue weighted by atomic mass is 10.2. The van der Waals surface area contributed by atoms with E-state index in [4.69, 9.17) is 11.2 Å². The van der Waals surface area contributed by atoms with Crippen LogP contribution < -0.4 is 0 Å². The fourth-order valence-corrected chi connectivity index (χ4v) is 6.27. The Morgan fingerprint density at radius 1 is 0.929 bits per heavy atom. The van der Waals surface area contributed by atoms with Crippen LogP contribution in [-0.4, -0.2) is 16.1 Å². The summed E-state index contributed by atoms with van der Waals surface area (Å²) in [6.07, 6.45) is -1.55. The Bertz CT molecular complexity index is 220. The normalized spacial score (nSPS) is 14.7. The van der Waals surface area contributed by atoms with Gasteiger partial charge in [-0.2, -0.15) is 0 Å². The Hall–Kier alpha value is 0.590. The summed E-state index contributed by atoms with van der Waals surface area (Å²) in [4.78, 5) is 0. The van der Waals surface area contributed by atoms with Crippen molar-refractivity contribution in [3.05, 3.63) is 0 Å². The maximum absolute atomic E-state index is 6.94. The standard InChI is InChI=1S/C12H26ClP/c1-10(2)9-14(13,11(3,4)5)12(6,7)8/h9-10H,1-8H3. The fourth-order valence-electron chi connectivity index (χ4n) is 1.86. The van der Waals surface area contributed by atoms with Crippen LogP contribution in [0, 0.1) is 5.92 Å². The first-order valence-corrected chi connectivity index (χ1v) is 8.13. The van der Waals surface area contributed by atoms with E-state index in [9.17, 15) is 0 Å². The van der Waals surface area contributed by atoms with Gasteiger partial charge in [-0.15, -0.1) is 0 Å². The molecule has 0 aromatic heterocycles. The van der Waals surface area contributed by atoms with Crippen LogP contribution in [0.3, 0.4) is 0 Å². The van der Waals surface area contributed by atoms with Gasteiger partial charge in [0.15, 0.2) is 0 Å². The van der Waals surface area contributed by atoms with Gasteiger partial charge in [0.1, 0.15) is 0 Å². The molecule has 0 nitrogen and oxygen atoms in total. The molecule has 0 saturated heterocycles. The van der Waals surface area contributed by atoms with Gasteiger partial charge in [-0.3, -0.25) is 0 Å². The molecule has 0 aliphatic heterocycles. The zero-order valence-corrected chi connectivity index (χ0v) is 12.6. The summed E-state index contributed by atoms with van der Waals surface area (Å²) in [6.45, 7) is 18.0. The van der Waals surface area contributed by atoms with Gasteiger partial charge in [-0.05, 0) is 22.5 Å². The highest BCUT2D eigenvalue weighted by molar-refractivity contribution is 7.99. The van der Waals surface area contributed by atoms with Crippen molar-refractivity contribution in [2.75, 3.05) is 0 Å². The van der Waals surface area contributed by atoms with Crippen molar-refractivity contribution in [3.63, 3.8) is 0 Å². The highest BCUT2D eigenvalue weighted by Crippen LogP contribution is 2.71. The molecule has 0 rings (SSSR count). The van der Waals surface area contributed by atoms with E-state index in [2.05, 4.69) is 61.2 Å². The molecule has 0 radical (unpaired) electrons. The van der Waals surface area contributed by atoms with Crippen LogP contribution in [0.15, 0.2) is 0 Å². The molecule has 0 atom stereocenters. The summed E-state index contributed by atoms with van der Waals surface area (Å²) in [7, 11) is 0. The van der Waals surface area contributed by atoms with Crippen LogP contribution in [0.1, 0.15) is 55.4 Å². The highest BCUT2D eigenvalue weighted by atomic mass is 35.7. The van der Waals surface area contributed by atoms with Crippen molar-refractivity contribution in [3.8, 4) is 0 Å². The van der Waals surface area contributed by atoms with Crippen molar-refractivity contribution < 1.29 is 0 Å². The minimum atomic E-state index is -1.55. The summed E-state index contributed by atoms with van der Waals surface area (Å²) in [5.74, 6) is 2.97. The molecule has 0 spiro atoms. The van der Waals surface area contributed by atoms with Crippen molar-refractivity contribution in [1.29, 1.82) is 0 Å². The maximum Gasteiger partial charge on any atom is -0.00498 e. The van der Waals surface area contributed by atoms with Gasteiger partial charge >= 0.3 is 0 Å². The monoisotopic (exact) mass is 236 g/mol. The van der Waals surface area contributed by atoms with Gasteiger partial charge < -0.3 is 0 Å². The number of halogens is 1. The van der Waals surface area contributed by atoms with Gasteiger partial charge in [0.05, 0.1) is 0 Å². The van der Waals surface area contributed by atoms with Crippen LogP contribution in [-0.2, 0) is 0 Å². The third-order valence-electron chi connectivity index (χ3n) is 2.46. The fraction of sp³-hybridized carbons (Fsp3) is 0.917. The molecule has 0 aliphatic carbocycles. The van der Waals surface area contributed by atoms with Gasteiger partial charge in [0, 0.05) is 0 Å². The first-order valence-electron chi connectivity index (χ1n) is 5.36. The average molecular weight is 237 g/mol. The molecule has 0 amide bonds.